The summed E-state index contributed by atoms with van der Waals surface area (Å²) in [7, 11) is 0. The molecule has 0 spiro atoms. The lowest BCUT2D eigenvalue weighted by Crippen LogP contribution is -2.19. The van der Waals surface area contributed by atoms with E-state index < -0.39 is 0 Å². The van der Waals surface area contributed by atoms with Crippen molar-refractivity contribution in [2.45, 2.75) is 39.0 Å². The number of aromatic nitrogens is 2. The van der Waals surface area contributed by atoms with E-state index in [2.05, 4.69) is 42.4 Å². The number of nitrogens with zero attached hydrogens (tertiary/aromatic N) is 2. The monoisotopic (exact) mass is 247 g/mol. The van der Waals surface area contributed by atoms with Crippen molar-refractivity contribution in [2.75, 3.05) is 11.9 Å². The molecule has 1 heterocycles. The van der Waals surface area contributed by atoms with E-state index in [0.717, 1.165) is 17.5 Å². The zero-order chi connectivity index (χ0) is 11.4. The van der Waals surface area contributed by atoms with Crippen LogP contribution < -0.4 is 5.32 Å². The number of halogens is 1. The fourth-order valence-corrected chi connectivity index (χ4v) is 1.75. The normalized spacial score (nSPS) is 13.5. The van der Waals surface area contributed by atoms with Gasteiger partial charge in [-0.15, -0.1) is 11.6 Å². The first-order chi connectivity index (χ1) is 7.00. The molecule has 3 nitrogen and oxygen atoms in total. The lowest BCUT2D eigenvalue weighted by molar-refractivity contribution is 0.616. The average Bonchev–Trinajstić information content (AvgIpc) is 2.62. The minimum absolute atomic E-state index is 0.136. The van der Waals surface area contributed by atoms with Gasteiger partial charge < -0.3 is 5.32 Å². The van der Waals surface area contributed by atoms with Gasteiger partial charge in [0.2, 0.25) is 5.13 Å². The van der Waals surface area contributed by atoms with Gasteiger partial charge >= 0.3 is 0 Å². The van der Waals surface area contributed by atoms with Crippen LogP contribution in [0.3, 0.4) is 0 Å². The molecule has 0 saturated carbocycles. The van der Waals surface area contributed by atoms with E-state index in [-0.39, 0.29) is 5.38 Å². The minimum Gasteiger partial charge on any atom is -0.359 e. The molecule has 0 radical (unpaired) electrons. The molecule has 0 aliphatic rings. The third kappa shape index (κ3) is 3.95. The highest BCUT2D eigenvalue weighted by Crippen LogP contribution is 2.18. The Morgan fingerprint density at radius 1 is 1.33 bits per heavy atom. The predicted molar refractivity (Wildman–Crippen MR) is 67.0 cm³/mol. The van der Waals surface area contributed by atoms with Crippen molar-refractivity contribution in [1.29, 1.82) is 0 Å². The maximum Gasteiger partial charge on any atom is 0.202 e. The molecule has 1 rings (SSSR count). The van der Waals surface area contributed by atoms with Crippen LogP contribution in [0.25, 0.3) is 0 Å². The second-order valence-corrected chi connectivity index (χ2v) is 5.57. The highest BCUT2D eigenvalue weighted by Gasteiger charge is 2.11. The number of anilines is 1. The third-order valence-corrected chi connectivity index (χ3v) is 3.47. The van der Waals surface area contributed by atoms with Gasteiger partial charge in [-0.3, -0.25) is 0 Å². The molecule has 1 aromatic rings. The Morgan fingerprint density at radius 2 is 2.00 bits per heavy atom. The van der Waals surface area contributed by atoms with Gasteiger partial charge in [0.25, 0.3) is 0 Å². The number of hydrogen-bond acceptors (Lipinski definition) is 4. The molecule has 1 atom stereocenters. The van der Waals surface area contributed by atoms with Crippen molar-refractivity contribution in [3.63, 3.8) is 0 Å². The summed E-state index contributed by atoms with van der Waals surface area (Å²) < 4.78 is 4.26. The molecule has 0 aliphatic carbocycles. The van der Waals surface area contributed by atoms with Gasteiger partial charge in [-0.1, -0.05) is 27.7 Å². The van der Waals surface area contributed by atoms with Crippen LogP contribution in [-0.2, 0) is 0 Å². The topological polar surface area (TPSA) is 37.8 Å². The van der Waals surface area contributed by atoms with Crippen molar-refractivity contribution in [2.24, 2.45) is 5.92 Å². The van der Waals surface area contributed by atoms with Gasteiger partial charge in [0, 0.05) is 24.0 Å². The van der Waals surface area contributed by atoms with E-state index in [0.29, 0.717) is 11.8 Å². The lowest BCUT2D eigenvalue weighted by atomic mass is 10.1. The van der Waals surface area contributed by atoms with Crippen LogP contribution in [0.15, 0.2) is 0 Å². The summed E-state index contributed by atoms with van der Waals surface area (Å²) in [6, 6.07) is 0. The molecule has 1 unspecified atom stereocenters. The Hall–Kier alpha value is -0.350. The quantitative estimate of drug-likeness (QED) is 0.811. The zero-order valence-corrected chi connectivity index (χ0v) is 11.2. The highest BCUT2D eigenvalue weighted by atomic mass is 35.5. The minimum atomic E-state index is 0.136. The van der Waals surface area contributed by atoms with E-state index in [1.807, 2.05) is 0 Å². The van der Waals surface area contributed by atoms with Crippen molar-refractivity contribution in [3.05, 3.63) is 5.82 Å². The summed E-state index contributed by atoms with van der Waals surface area (Å²) in [6.07, 6.45) is 0. The molecule has 0 bridgehead atoms. The Bertz CT molecular complexity index is 299. The van der Waals surface area contributed by atoms with Crippen molar-refractivity contribution >= 4 is 28.3 Å². The summed E-state index contributed by atoms with van der Waals surface area (Å²) in [6.45, 7) is 9.14. The molecule has 0 fully saturated rings. The molecular formula is C10H18ClN3S. The fourth-order valence-electron chi connectivity index (χ4n) is 0.962. The van der Waals surface area contributed by atoms with Crippen LogP contribution in [0, 0.1) is 5.92 Å². The average molecular weight is 248 g/mol. The van der Waals surface area contributed by atoms with Gasteiger partial charge in [0.1, 0.15) is 5.82 Å². The van der Waals surface area contributed by atoms with E-state index >= 15 is 0 Å². The molecule has 0 amide bonds. The molecule has 86 valence electrons. The first-order valence-electron chi connectivity index (χ1n) is 5.22. The van der Waals surface area contributed by atoms with Crippen molar-refractivity contribution in [3.8, 4) is 0 Å². The van der Waals surface area contributed by atoms with E-state index in [4.69, 9.17) is 11.6 Å². The largest absolute Gasteiger partial charge is 0.359 e. The molecule has 0 aliphatic heterocycles. The van der Waals surface area contributed by atoms with Crippen LogP contribution in [0.1, 0.15) is 39.4 Å². The molecule has 15 heavy (non-hydrogen) atoms. The molecule has 1 aromatic heterocycles. The first kappa shape index (κ1) is 12.7. The van der Waals surface area contributed by atoms with Crippen molar-refractivity contribution < 1.29 is 0 Å². The van der Waals surface area contributed by atoms with E-state index in [9.17, 15) is 0 Å². The van der Waals surface area contributed by atoms with Gasteiger partial charge in [-0.2, -0.15) is 4.37 Å². The Balaban J connectivity index is 2.44. The lowest BCUT2D eigenvalue weighted by Gasteiger charge is -2.12. The smallest absolute Gasteiger partial charge is 0.202 e. The Kier molecular flexibility index (Phi) is 4.80. The van der Waals surface area contributed by atoms with Gasteiger partial charge in [0.15, 0.2) is 0 Å². The van der Waals surface area contributed by atoms with Crippen LogP contribution in [-0.4, -0.2) is 21.3 Å². The highest BCUT2D eigenvalue weighted by molar-refractivity contribution is 7.09. The van der Waals surface area contributed by atoms with Crippen LogP contribution >= 0.6 is 23.1 Å². The molecular weight excluding hydrogens is 230 g/mol. The molecule has 1 N–H and O–H groups in total. The van der Waals surface area contributed by atoms with Crippen LogP contribution in [0.2, 0.25) is 0 Å². The van der Waals surface area contributed by atoms with Gasteiger partial charge in [-0.05, 0) is 5.92 Å². The fraction of sp³-hybridized carbons (Fsp3) is 0.800. The Morgan fingerprint density at radius 3 is 2.47 bits per heavy atom. The predicted octanol–water partition coefficient (Wildman–Crippen LogP) is 3.34. The number of nitrogens with one attached hydrogen (secondary N) is 1. The van der Waals surface area contributed by atoms with Crippen LogP contribution in [0.4, 0.5) is 5.13 Å². The summed E-state index contributed by atoms with van der Waals surface area (Å²) >= 11 is 7.53. The van der Waals surface area contributed by atoms with E-state index in [1.165, 1.54) is 11.5 Å². The maximum absolute atomic E-state index is 6.13. The van der Waals surface area contributed by atoms with Gasteiger partial charge in [0.05, 0.1) is 5.38 Å². The SMILES string of the molecule is CC(C)c1nsc(NCC(Cl)C(C)C)n1. The maximum atomic E-state index is 6.13. The summed E-state index contributed by atoms with van der Waals surface area (Å²) in [5.74, 6) is 1.75. The number of hydrogen-bond donors (Lipinski definition) is 1. The summed E-state index contributed by atoms with van der Waals surface area (Å²) in [5.41, 5.74) is 0. The first-order valence-corrected chi connectivity index (χ1v) is 6.43. The number of rotatable bonds is 5. The number of alkyl halides is 1. The molecule has 5 heteroatoms. The zero-order valence-electron chi connectivity index (χ0n) is 9.62. The third-order valence-electron chi connectivity index (χ3n) is 2.13. The molecule has 0 aromatic carbocycles. The summed E-state index contributed by atoms with van der Waals surface area (Å²) in [4.78, 5) is 4.38. The summed E-state index contributed by atoms with van der Waals surface area (Å²) in [5, 5.41) is 4.22. The second kappa shape index (κ2) is 5.66. The Labute approximate surface area is 100 Å². The van der Waals surface area contributed by atoms with Gasteiger partial charge in [-0.25, -0.2) is 4.98 Å². The standard InChI is InChI=1S/C10H18ClN3S/c1-6(2)8(11)5-12-10-13-9(7(3)4)14-15-10/h6-8H,5H2,1-4H3,(H,12,13,14). The van der Waals surface area contributed by atoms with E-state index in [1.54, 1.807) is 0 Å². The second-order valence-electron chi connectivity index (χ2n) is 4.25. The van der Waals surface area contributed by atoms with Crippen molar-refractivity contribution in [1.82, 2.24) is 9.36 Å². The van der Waals surface area contributed by atoms with Crippen LogP contribution in [0.5, 0.6) is 0 Å². The molecule has 0 saturated heterocycles.